The number of hydrogen-bond donors (Lipinski definition) is 1. The Morgan fingerprint density at radius 1 is 1.11 bits per heavy atom. The fourth-order valence-electron chi connectivity index (χ4n) is 1.37. The van der Waals surface area contributed by atoms with Gasteiger partial charge in [-0.2, -0.15) is 17.6 Å². The Kier molecular flexibility index (Phi) is 3.70. The van der Waals surface area contributed by atoms with Crippen molar-refractivity contribution in [1.29, 1.82) is 0 Å². The maximum atomic E-state index is 12.8. The number of rotatable bonds is 2. The zero-order valence-electron chi connectivity index (χ0n) is 9.17. The first-order valence-electron chi connectivity index (χ1n) is 4.97. The van der Waals surface area contributed by atoms with Gasteiger partial charge < -0.3 is 5.32 Å². The Labute approximate surface area is 113 Å². The molecule has 0 aliphatic carbocycles. The Hall–Kier alpha value is -1.70. The number of nitrogens with zero attached hydrogens (tertiary/aromatic N) is 2. The van der Waals surface area contributed by atoms with E-state index in [1.54, 1.807) is 0 Å². The van der Waals surface area contributed by atoms with Crippen molar-refractivity contribution in [1.82, 2.24) is 9.97 Å². The lowest BCUT2D eigenvalue weighted by Gasteiger charge is -2.12. The molecule has 0 aliphatic rings. The molecule has 0 saturated heterocycles. The van der Waals surface area contributed by atoms with Crippen molar-refractivity contribution in [2.45, 2.75) is 6.18 Å². The van der Waals surface area contributed by atoms with Crippen molar-refractivity contribution in [2.24, 2.45) is 0 Å². The fraction of sp³-hybridized carbons (Fsp3) is 0.0909. The van der Waals surface area contributed by atoms with Gasteiger partial charge in [0.1, 0.15) is 12.1 Å². The van der Waals surface area contributed by atoms with Crippen LogP contribution in [-0.4, -0.2) is 9.97 Å². The van der Waals surface area contributed by atoms with Crippen molar-refractivity contribution in [3.05, 3.63) is 46.6 Å². The second-order valence-electron chi connectivity index (χ2n) is 3.54. The topological polar surface area (TPSA) is 37.8 Å². The number of nitrogens with one attached hydrogen (secondary N) is 1. The Bertz CT molecular complexity index is 601. The summed E-state index contributed by atoms with van der Waals surface area (Å²) in [6.45, 7) is 0. The van der Waals surface area contributed by atoms with Crippen LogP contribution < -0.4 is 5.32 Å². The first-order valence-corrected chi connectivity index (χ1v) is 5.77. The summed E-state index contributed by atoms with van der Waals surface area (Å²) in [5.74, 6) is -0.700. The molecular weight excluding hydrogens is 330 g/mol. The van der Waals surface area contributed by atoms with E-state index >= 15 is 0 Å². The minimum absolute atomic E-state index is 0.0700. The smallest absolute Gasteiger partial charge is 0.340 e. The zero-order valence-corrected chi connectivity index (χ0v) is 10.8. The number of hydrogen-bond acceptors (Lipinski definition) is 3. The molecule has 2 aromatic rings. The quantitative estimate of drug-likeness (QED) is 0.662. The van der Waals surface area contributed by atoms with Crippen LogP contribution in [0, 0.1) is 5.95 Å². The lowest BCUT2D eigenvalue weighted by molar-refractivity contribution is -0.138. The Morgan fingerprint density at radius 3 is 2.47 bits per heavy atom. The van der Waals surface area contributed by atoms with Crippen molar-refractivity contribution in [2.75, 3.05) is 5.32 Å². The van der Waals surface area contributed by atoms with Crippen LogP contribution in [0.4, 0.5) is 29.1 Å². The maximum Gasteiger partial charge on any atom is 0.417 e. The molecule has 1 N–H and O–H groups in total. The molecule has 0 saturated carbocycles. The van der Waals surface area contributed by atoms with Gasteiger partial charge in [-0.05, 0) is 18.2 Å². The van der Waals surface area contributed by atoms with Gasteiger partial charge in [0.05, 0.1) is 5.56 Å². The van der Waals surface area contributed by atoms with Crippen LogP contribution in [0.2, 0.25) is 0 Å². The van der Waals surface area contributed by atoms with Gasteiger partial charge in [-0.15, -0.1) is 0 Å². The van der Waals surface area contributed by atoms with Crippen LogP contribution in [0.5, 0.6) is 0 Å². The molecule has 0 spiro atoms. The van der Waals surface area contributed by atoms with Crippen LogP contribution in [0.3, 0.4) is 0 Å². The van der Waals surface area contributed by atoms with Gasteiger partial charge in [0.25, 0.3) is 0 Å². The molecule has 0 atom stereocenters. The van der Waals surface area contributed by atoms with E-state index in [-0.39, 0.29) is 16.0 Å². The third-order valence-corrected chi connectivity index (χ3v) is 2.87. The number of halogens is 5. The second-order valence-corrected chi connectivity index (χ2v) is 4.40. The molecular formula is C11H6BrF4N3. The zero-order chi connectivity index (χ0) is 14.0. The minimum atomic E-state index is -4.48. The monoisotopic (exact) mass is 335 g/mol. The van der Waals surface area contributed by atoms with Gasteiger partial charge in [-0.3, -0.25) is 0 Å². The predicted octanol–water partition coefficient (Wildman–Crippen LogP) is 4.14. The molecule has 0 unspecified atom stereocenters. The van der Waals surface area contributed by atoms with E-state index in [0.29, 0.717) is 0 Å². The van der Waals surface area contributed by atoms with Gasteiger partial charge in [0.2, 0.25) is 5.95 Å². The highest BCUT2D eigenvalue weighted by molar-refractivity contribution is 9.10. The van der Waals surface area contributed by atoms with E-state index in [9.17, 15) is 17.6 Å². The van der Waals surface area contributed by atoms with E-state index in [2.05, 4.69) is 31.2 Å². The van der Waals surface area contributed by atoms with E-state index in [1.807, 2.05) is 0 Å². The average Bonchev–Trinajstić information content (AvgIpc) is 2.30. The normalized spacial score (nSPS) is 11.4. The summed E-state index contributed by atoms with van der Waals surface area (Å²) in [7, 11) is 0. The Balaban J connectivity index is 2.32. The fourth-order valence-corrected chi connectivity index (χ4v) is 1.84. The molecule has 1 heterocycles. The van der Waals surface area contributed by atoms with E-state index in [1.165, 1.54) is 12.1 Å². The number of anilines is 2. The standard InChI is InChI=1S/C11H6BrF4N3/c12-8-2-1-6(3-7(8)11(14,15)16)19-10-4-9(13)17-5-18-10/h1-5H,(H,17,18,19). The summed E-state index contributed by atoms with van der Waals surface area (Å²) in [6.07, 6.45) is -3.51. The highest BCUT2D eigenvalue weighted by Gasteiger charge is 2.33. The van der Waals surface area contributed by atoms with Gasteiger partial charge in [-0.1, -0.05) is 15.9 Å². The van der Waals surface area contributed by atoms with E-state index < -0.39 is 17.7 Å². The molecule has 0 aliphatic heterocycles. The summed E-state index contributed by atoms with van der Waals surface area (Å²) >= 11 is 2.83. The largest absolute Gasteiger partial charge is 0.417 e. The van der Waals surface area contributed by atoms with Gasteiger partial charge in [0, 0.05) is 16.2 Å². The number of alkyl halides is 3. The number of aromatic nitrogens is 2. The first kappa shape index (κ1) is 13.7. The Morgan fingerprint density at radius 2 is 1.84 bits per heavy atom. The molecule has 8 heteroatoms. The average molecular weight is 336 g/mol. The SMILES string of the molecule is Fc1cc(Nc2ccc(Br)c(C(F)(F)F)c2)ncn1. The van der Waals surface area contributed by atoms with Gasteiger partial charge in [0.15, 0.2) is 0 Å². The third-order valence-electron chi connectivity index (χ3n) is 2.18. The van der Waals surface area contributed by atoms with E-state index in [0.717, 1.165) is 18.5 Å². The molecule has 19 heavy (non-hydrogen) atoms. The van der Waals surface area contributed by atoms with Crippen LogP contribution in [0.25, 0.3) is 0 Å². The highest BCUT2D eigenvalue weighted by atomic mass is 79.9. The van der Waals surface area contributed by atoms with Gasteiger partial charge in [-0.25, -0.2) is 9.97 Å². The summed E-state index contributed by atoms with van der Waals surface area (Å²) in [5.41, 5.74) is -0.680. The second kappa shape index (κ2) is 5.12. The molecule has 1 aromatic carbocycles. The predicted molar refractivity (Wildman–Crippen MR) is 64.4 cm³/mol. The van der Waals surface area contributed by atoms with Crippen molar-refractivity contribution < 1.29 is 17.6 Å². The van der Waals surface area contributed by atoms with Crippen LogP contribution in [-0.2, 0) is 6.18 Å². The summed E-state index contributed by atoms with van der Waals surface area (Å²) in [4.78, 5) is 6.94. The molecule has 0 amide bonds. The molecule has 0 bridgehead atoms. The third kappa shape index (κ3) is 3.40. The summed E-state index contributed by atoms with van der Waals surface area (Å²) in [6, 6.07) is 4.56. The summed E-state index contributed by atoms with van der Waals surface area (Å²) < 4.78 is 50.8. The summed E-state index contributed by atoms with van der Waals surface area (Å²) in [5, 5.41) is 2.57. The molecule has 1 aromatic heterocycles. The molecule has 0 radical (unpaired) electrons. The highest BCUT2D eigenvalue weighted by Crippen LogP contribution is 2.36. The lowest BCUT2D eigenvalue weighted by atomic mass is 10.2. The van der Waals surface area contributed by atoms with Crippen LogP contribution >= 0.6 is 15.9 Å². The van der Waals surface area contributed by atoms with Crippen LogP contribution in [0.15, 0.2) is 35.1 Å². The van der Waals surface area contributed by atoms with Crippen molar-refractivity contribution in [3.8, 4) is 0 Å². The molecule has 0 fully saturated rings. The van der Waals surface area contributed by atoms with Gasteiger partial charge >= 0.3 is 6.18 Å². The number of benzene rings is 1. The van der Waals surface area contributed by atoms with E-state index in [4.69, 9.17) is 0 Å². The maximum absolute atomic E-state index is 12.8. The molecule has 100 valence electrons. The first-order chi connectivity index (χ1) is 8.86. The van der Waals surface area contributed by atoms with Crippen molar-refractivity contribution in [3.63, 3.8) is 0 Å². The van der Waals surface area contributed by atoms with Crippen LogP contribution in [0.1, 0.15) is 5.56 Å². The lowest BCUT2D eigenvalue weighted by Crippen LogP contribution is -2.07. The minimum Gasteiger partial charge on any atom is -0.340 e. The molecule has 2 rings (SSSR count). The molecule has 3 nitrogen and oxygen atoms in total. The van der Waals surface area contributed by atoms with Crippen molar-refractivity contribution >= 4 is 27.4 Å².